The number of hydrogen-bond donors (Lipinski definition) is 0. The predicted molar refractivity (Wildman–Crippen MR) is 211 cm³/mol. The van der Waals surface area contributed by atoms with Crippen LogP contribution in [0.1, 0.15) is 0 Å². The summed E-state index contributed by atoms with van der Waals surface area (Å²) in [5.74, 6) is 0. The van der Waals surface area contributed by atoms with Gasteiger partial charge >= 0.3 is 0 Å². The van der Waals surface area contributed by atoms with Crippen molar-refractivity contribution in [2.24, 2.45) is 0 Å². The highest BCUT2D eigenvalue weighted by atomic mass is 32.1. The molecule has 0 aliphatic heterocycles. The SMILES string of the molecule is c1ccc(N(c2ccc(-c3cccc4c3sc3ccc5ccccc5c34)cc2)c2ccc3c4ccccc4n(-c4ccccc4)c3c2)cc1. The largest absolute Gasteiger partial charge is 0.310 e. The van der Waals surface area contributed by atoms with Crippen molar-refractivity contribution in [1.29, 1.82) is 0 Å². The van der Waals surface area contributed by atoms with E-state index in [9.17, 15) is 0 Å². The molecular formula is C46H30N2S. The summed E-state index contributed by atoms with van der Waals surface area (Å²) in [6, 6.07) is 66.0. The van der Waals surface area contributed by atoms with Crippen molar-refractivity contribution in [1.82, 2.24) is 4.57 Å². The van der Waals surface area contributed by atoms with Crippen LogP contribution in [0.15, 0.2) is 182 Å². The first-order chi connectivity index (χ1) is 24.3. The quantitative estimate of drug-likeness (QED) is 0.181. The molecule has 0 amide bonds. The normalized spacial score (nSPS) is 11.7. The summed E-state index contributed by atoms with van der Waals surface area (Å²) in [6.07, 6.45) is 0. The second kappa shape index (κ2) is 11.2. The highest BCUT2D eigenvalue weighted by Crippen LogP contribution is 2.44. The summed E-state index contributed by atoms with van der Waals surface area (Å²) in [4.78, 5) is 2.36. The molecule has 10 rings (SSSR count). The molecule has 0 saturated heterocycles. The monoisotopic (exact) mass is 642 g/mol. The van der Waals surface area contributed by atoms with Crippen LogP contribution in [0, 0.1) is 0 Å². The van der Waals surface area contributed by atoms with Gasteiger partial charge in [-0.15, -0.1) is 11.3 Å². The Labute approximate surface area is 288 Å². The molecule has 10 aromatic rings. The van der Waals surface area contributed by atoms with Crippen LogP contribution in [-0.2, 0) is 0 Å². The van der Waals surface area contributed by atoms with Gasteiger partial charge in [0.15, 0.2) is 0 Å². The first-order valence-corrected chi connectivity index (χ1v) is 17.5. The Morgan fingerprint density at radius 1 is 0.429 bits per heavy atom. The molecule has 0 fully saturated rings. The van der Waals surface area contributed by atoms with Crippen molar-refractivity contribution in [2.75, 3.05) is 4.90 Å². The number of para-hydroxylation sites is 3. The maximum Gasteiger partial charge on any atom is 0.0561 e. The molecule has 49 heavy (non-hydrogen) atoms. The molecule has 8 aromatic carbocycles. The molecule has 0 aliphatic rings. The Balaban J connectivity index is 1.12. The van der Waals surface area contributed by atoms with E-state index in [2.05, 4.69) is 191 Å². The van der Waals surface area contributed by atoms with Crippen molar-refractivity contribution >= 4 is 81.1 Å². The molecule has 3 heteroatoms. The zero-order valence-corrected chi connectivity index (χ0v) is 27.4. The van der Waals surface area contributed by atoms with E-state index < -0.39 is 0 Å². The highest BCUT2D eigenvalue weighted by Gasteiger charge is 2.18. The first kappa shape index (κ1) is 27.9. The van der Waals surface area contributed by atoms with Crippen LogP contribution >= 0.6 is 11.3 Å². The maximum atomic E-state index is 2.38. The summed E-state index contributed by atoms with van der Waals surface area (Å²) >= 11 is 1.89. The molecule has 230 valence electrons. The van der Waals surface area contributed by atoms with Gasteiger partial charge in [0.1, 0.15) is 0 Å². The molecule has 0 N–H and O–H groups in total. The number of anilines is 3. The summed E-state index contributed by atoms with van der Waals surface area (Å²) in [7, 11) is 0. The summed E-state index contributed by atoms with van der Waals surface area (Å²) in [6.45, 7) is 0. The van der Waals surface area contributed by atoms with Crippen LogP contribution in [0.2, 0.25) is 0 Å². The molecule has 0 radical (unpaired) electrons. The van der Waals surface area contributed by atoms with Crippen molar-refractivity contribution in [3.8, 4) is 16.8 Å². The minimum Gasteiger partial charge on any atom is -0.310 e. The molecule has 0 spiro atoms. The average Bonchev–Trinajstić information content (AvgIpc) is 3.72. The van der Waals surface area contributed by atoms with Gasteiger partial charge in [0.2, 0.25) is 0 Å². The Morgan fingerprint density at radius 3 is 1.92 bits per heavy atom. The van der Waals surface area contributed by atoms with E-state index in [1.54, 1.807) is 0 Å². The van der Waals surface area contributed by atoms with Gasteiger partial charge in [-0.2, -0.15) is 0 Å². The second-order valence-electron chi connectivity index (χ2n) is 12.6. The number of benzene rings is 8. The lowest BCUT2D eigenvalue weighted by molar-refractivity contribution is 1.18. The van der Waals surface area contributed by atoms with Gasteiger partial charge in [-0.1, -0.05) is 121 Å². The Hall–Kier alpha value is -6.16. The first-order valence-electron chi connectivity index (χ1n) is 16.7. The number of fused-ring (bicyclic) bond motifs is 8. The van der Waals surface area contributed by atoms with E-state index in [1.165, 1.54) is 63.9 Å². The van der Waals surface area contributed by atoms with Crippen LogP contribution in [0.25, 0.3) is 69.6 Å². The maximum absolute atomic E-state index is 2.38. The molecule has 2 nitrogen and oxygen atoms in total. The number of aromatic nitrogens is 1. The van der Waals surface area contributed by atoms with Crippen molar-refractivity contribution in [3.05, 3.63) is 182 Å². The van der Waals surface area contributed by atoms with Gasteiger partial charge in [-0.25, -0.2) is 0 Å². The second-order valence-corrected chi connectivity index (χ2v) is 13.6. The fourth-order valence-corrected chi connectivity index (χ4v) is 8.82. The lowest BCUT2D eigenvalue weighted by Crippen LogP contribution is -2.10. The van der Waals surface area contributed by atoms with Gasteiger partial charge in [0.25, 0.3) is 0 Å². The third-order valence-electron chi connectivity index (χ3n) is 9.77. The minimum atomic E-state index is 1.12. The van der Waals surface area contributed by atoms with Crippen LogP contribution in [0.5, 0.6) is 0 Å². The number of hydrogen-bond acceptors (Lipinski definition) is 2. The molecule has 0 unspecified atom stereocenters. The zero-order valence-electron chi connectivity index (χ0n) is 26.6. The average molecular weight is 643 g/mol. The van der Waals surface area contributed by atoms with Crippen LogP contribution in [0.4, 0.5) is 17.1 Å². The van der Waals surface area contributed by atoms with Crippen molar-refractivity contribution in [3.63, 3.8) is 0 Å². The van der Waals surface area contributed by atoms with E-state index in [4.69, 9.17) is 0 Å². The van der Waals surface area contributed by atoms with Crippen LogP contribution in [-0.4, -0.2) is 4.57 Å². The molecule has 0 aliphatic carbocycles. The van der Waals surface area contributed by atoms with E-state index in [0.717, 1.165) is 22.7 Å². The standard InChI is InChI=1S/C46H30N2S/c1-3-13-33(14-4-1)47(36-27-28-40-39-18-9-10-21-42(39)48(43(40)30-36)34-15-5-2-6-16-34)35-25-22-32(23-26-35)38-19-11-20-41-45-37-17-8-7-12-31(37)24-29-44(45)49-46(38)41/h1-30H. The van der Waals surface area contributed by atoms with Crippen molar-refractivity contribution < 1.29 is 0 Å². The van der Waals surface area contributed by atoms with E-state index in [1.807, 2.05) is 11.3 Å². The molecular weight excluding hydrogens is 613 g/mol. The zero-order chi connectivity index (χ0) is 32.3. The third kappa shape index (κ3) is 4.47. The smallest absolute Gasteiger partial charge is 0.0561 e. The van der Waals surface area contributed by atoms with Gasteiger partial charge in [0.05, 0.1) is 11.0 Å². The number of thiophene rings is 1. The number of rotatable bonds is 5. The van der Waals surface area contributed by atoms with Crippen LogP contribution in [0.3, 0.4) is 0 Å². The molecule has 2 heterocycles. The summed E-state index contributed by atoms with van der Waals surface area (Å²) < 4.78 is 5.05. The van der Waals surface area contributed by atoms with Gasteiger partial charge < -0.3 is 9.47 Å². The van der Waals surface area contributed by atoms with E-state index >= 15 is 0 Å². The minimum absolute atomic E-state index is 1.12. The molecule has 0 atom stereocenters. The summed E-state index contributed by atoms with van der Waals surface area (Å²) in [5.41, 5.74) is 9.40. The number of nitrogens with zero attached hydrogens (tertiary/aromatic N) is 2. The van der Waals surface area contributed by atoms with E-state index in [0.29, 0.717) is 0 Å². The Morgan fingerprint density at radius 2 is 1.08 bits per heavy atom. The van der Waals surface area contributed by atoms with Crippen molar-refractivity contribution in [2.45, 2.75) is 0 Å². The van der Waals surface area contributed by atoms with E-state index in [-0.39, 0.29) is 0 Å². The lowest BCUT2D eigenvalue weighted by Gasteiger charge is -2.26. The summed E-state index contributed by atoms with van der Waals surface area (Å²) in [5, 5.41) is 7.79. The highest BCUT2D eigenvalue weighted by molar-refractivity contribution is 7.26. The van der Waals surface area contributed by atoms with Crippen LogP contribution < -0.4 is 4.90 Å². The van der Waals surface area contributed by atoms with Gasteiger partial charge in [0, 0.05) is 53.7 Å². The van der Waals surface area contributed by atoms with Gasteiger partial charge in [-0.3, -0.25) is 0 Å². The lowest BCUT2D eigenvalue weighted by atomic mass is 9.99. The fourth-order valence-electron chi connectivity index (χ4n) is 7.56. The fraction of sp³-hybridized carbons (Fsp3) is 0. The Bertz CT molecular complexity index is 2810. The molecule has 2 aromatic heterocycles. The topological polar surface area (TPSA) is 8.17 Å². The third-order valence-corrected chi connectivity index (χ3v) is 11.0. The molecule has 0 saturated carbocycles. The molecule has 0 bridgehead atoms. The van der Waals surface area contributed by atoms with Gasteiger partial charge in [-0.05, 0) is 82.6 Å². The Kier molecular flexibility index (Phi) is 6.39. The predicted octanol–water partition coefficient (Wildman–Crippen LogP) is 13.4.